The number of para-hydroxylation sites is 1. The summed E-state index contributed by atoms with van der Waals surface area (Å²) in [4.78, 5) is 0. The number of rotatable bonds is 4. The van der Waals surface area contributed by atoms with E-state index in [9.17, 15) is 26.3 Å². The maximum Gasteiger partial charge on any atom is 0.425 e. The van der Waals surface area contributed by atoms with Crippen molar-refractivity contribution in [1.82, 2.24) is 0 Å². The fraction of sp³-hybridized carbons (Fsp3) is 0.400. The minimum absolute atomic E-state index is 0.0541. The molecule has 0 N–H and O–H groups in total. The van der Waals surface area contributed by atoms with Crippen LogP contribution in [-0.4, -0.2) is 24.9 Å². The molecule has 0 aliphatic rings. The number of benzene rings is 1. The van der Waals surface area contributed by atoms with Gasteiger partial charge in [-0.1, -0.05) is 18.2 Å². The smallest absolute Gasteiger partial charge is 0.425 e. The lowest BCUT2D eigenvalue weighted by molar-refractivity contribution is -0.250. The minimum atomic E-state index is -5.61. The number of halogens is 6. The van der Waals surface area contributed by atoms with Crippen LogP contribution in [0.5, 0.6) is 5.75 Å². The van der Waals surface area contributed by atoms with E-state index in [4.69, 9.17) is 0 Å². The Hall–Kier alpha value is -1.40. The number of hydrogen-bond acceptors (Lipinski definition) is 1. The van der Waals surface area contributed by atoms with Crippen molar-refractivity contribution in [2.24, 2.45) is 0 Å². The average Bonchev–Trinajstić information content (AvgIpc) is 2.26. The third-order valence-electron chi connectivity index (χ3n) is 1.83. The molecule has 0 spiro atoms. The van der Waals surface area contributed by atoms with E-state index in [1.807, 2.05) is 0 Å². The lowest BCUT2D eigenvalue weighted by atomic mass is 10.2. The Kier molecular flexibility index (Phi) is 3.90. The van der Waals surface area contributed by atoms with Gasteiger partial charge in [-0.15, -0.1) is 0 Å². The Morgan fingerprint density at radius 1 is 1.00 bits per heavy atom. The molecule has 1 atom stereocenters. The van der Waals surface area contributed by atoms with Gasteiger partial charge >= 0.3 is 12.1 Å². The zero-order valence-electron chi connectivity index (χ0n) is 8.35. The van der Waals surface area contributed by atoms with Crippen molar-refractivity contribution in [2.75, 3.05) is 6.61 Å². The maximum atomic E-state index is 12.8. The molecular weight excluding hydrogens is 250 g/mol. The van der Waals surface area contributed by atoms with Gasteiger partial charge in [0.05, 0.1) is 0 Å². The largest absolute Gasteiger partial charge is 0.487 e. The topological polar surface area (TPSA) is 9.23 Å². The summed E-state index contributed by atoms with van der Waals surface area (Å²) in [7, 11) is 0. The number of ether oxygens (including phenoxy) is 1. The van der Waals surface area contributed by atoms with E-state index in [0.717, 1.165) is 0 Å². The van der Waals surface area contributed by atoms with Crippen molar-refractivity contribution in [2.45, 2.75) is 18.3 Å². The van der Waals surface area contributed by atoms with Crippen LogP contribution in [0.3, 0.4) is 0 Å². The molecule has 0 saturated carbocycles. The molecule has 0 fully saturated rings. The highest BCUT2D eigenvalue weighted by molar-refractivity contribution is 5.21. The summed E-state index contributed by atoms with van der Waals surface area (Å²) >= 11 is 0. The third kappa shape index (κ3) is 3.83. The second-order valence-corrected chi connectivity index (χ2v) is 3.27. The summed E-state index contributed by atoms with van der Waals surface area (Å²) in [6.45, 7) is -1.67. The Morgan fingerprint density at radius 3 is 2.00 bits per heavy atom. The molecule has 7 heteroatoms. The fourth-order valence-corrected chi connectivity index (χ4v) is 1.01. The summed E-state index contributed by atoms with van der Waals surface area (Å²) in [5.74, 6) is -4.67. The van der Waals surface area contributed by atoms with Gasteiger partial charge in [0, 0.05) is 0 Å². The van der Waals surface area contributed by atoms with Gasteiger partial charge in [-0.05, 0) is 12.1 Å². The maximum absolute atomic E-state index is 12.8. The molecule has 0 aliphatic carbocycles. The highest BCUT2D eigenvalue weighted by atomic mass is 19.4. The van der Waals surface area contributed by atoms with Gasteiger partial charge in [0.15, 0.2) is 6.61 Å². The highest BCUT2D eigenvalue weighted by Crippen LogP contribution is 2.35. The molecule has 1 aromatic rings. The predicted octanol–water partition coefficient (Wildman–Crippen LogP) is 3.60. The molecule has 17 heavy (non-hydrogen) atoms. The SMILES string of the molecule is FC(C(F)(F)F)C(F)(F)COc1ccccc1. The van der Waals surface area contributed by atoms with E-state index in [-0.39, 0.29) is 5.75 Å². The molecule has 0 radical (unpaired) electrons. The van der Waals surface area contributed by atoms with Gasteiger partial charge in [0.25, 0.3) is 6.17 Å². The summed E-state index contributed by atoms with van der Waals surface area (Å²) in [6, 6.07) is 7.01. The van der Waals surface area contributed by atoms with Gasteiger partial charge in [-0.3, -0.25) is 0 Å². The van der Waals surface area contributed by atoms with Crippen molar-refractivity contribution in [3.05, 3.63) is 30.3 Å². The molecule has 0 amide bonds. The van der Waals surface area contributed by atoms with E-state index in [2.05, 4.69) is 4.74 Å². The summed E-state index contributed by atoms with van der Waals surface area (Å²) in [6.07, 6.45) is -9.84. The lowest BCUT2D eigenvalue weighted by Crippen LogP contribution is -2.45. The first kappa shape index (κ1) is 13.7. The Labute approximate surface area is 93.0 Å². The van der Waals surface area contributed by atoms with E-state index < -0.39 is 24.9 Å². The van der Waals surface area contributed by atoms with Crippen LogP contribution in [0.2, 0.25) is 0 Å². The first-order valence-corrected chi connectivity index (χ1v) is 4.50. The van der Waals surface area contributed by atoms with E-state index >= 15 is 0 Å². The monoisotopic (exact) mass is 258 g/mol. The van der Waals surface area contributed by atoms with Gasteiger partial charge < -0.3 is 4.74 Å². The Balaban J connectivity index is 2.62. The van der Waals surface area contributed by atoms with Gasteiger partial charge in [0.2, 0.25) is 0 Å². The zero-order valence-corrected chi connectivity index (χ0v) is 8.35. The first-order chi connectivity index (χ1) is 7.73. The second kappa shape index (κ2) is 4.85. The molecule has 1 nitrogen and oxygen atoms in total. The van der Waals surface area contributed by atoms with Crippen molar-refractivity contribution in [3.63, 3.8) is 0 Å². The minimum Gasteiger partial charge on any atom is -0.487 e. The number of hydrogen-bond donors (Lipinski definition) is 0. The quantitative estimate of drug-likeness (QED) is 0.750. The van der Waals surface area contributed by atoms with Crippen molar-refractivity contribution >= 4 is 0 Å². The van der Waals surface area contributed by atoms with Gasteiger partial charge in [0.1, 0.15) is 5.75 Å². The summed E-state index contributed by atoms with van der Waals surface area (Å²) < 4.78 is 77.7. The highest BCUT2D eigenvalue weighted by Gasteiger charge is 2.57. The van der Waals surface area contributed by atoms with Crippen LogP contribution in [0, 0.1) is 0 Å². The van der Waals surface area contributed by atoms with Crippen LogP contribution in [0.15, 0.2) is 30.3 Å². The van der Waals surface area contributed by atoms with Crippen molar-refractivity contribution < 1.29 is 31.1 Å². The van der Waals surface area contributed by atoms with E-state index in [0.29, 0.717) is 0 Å². The van der Waals surface area contributed by atoms with Crippen LogP contribution in [0.25, 0.3) is 0 Å². The Morgan fingerprint density at radius 2 is 1.53 bits per heavy atom. The Bertz CT molecular complexity index is 348. The van der Waals surface area contributed by atoms with Crippen LogP contribution >= 0.6 is 0 Å². The predicted molar refractivity (Wildman–Crippen MR) is 47.8 cm³/mol. The molecule has 1 aromatic carbocycles. The fourth-order valence-electron chi connectivity index (χ4n) is 1.01. The lowest BCUT2D eigenvalue weighted by Gasteiger charge is -2.22. The van der Waals surface area contributed by atoms with Crippen LogP contribution in [0.1, 0.15) is 0 Å². The van der Waals surface area contributed by atoms with Crippen LogP contribution in [0.4, 0.5) is 26.3 Å². The van der Waals surface area contributed by atoms with E-state index in [1.165, 1.54) is 24.3 Å². The van der Waals surface area contributed by atoms with Crippen LogP contribution < -0.4 is 4.74 Å². The van der Waals surface area contributed by atoms with Gasteiger partial charge in [-0.2, -0.15) is 22.0 Å². The average molecular weight is 258 g/mol. The third-order valence-corrected chi connectivity index (χ3v) is 1.83. The van der Waals surface area contributed by atoms with E-state index in [1.54, 1.807) is 6.07 Å². The molecule has 0 aliphatic heterocycles. The second-order valence-electron chi connectivity index (χ2n) is 3.27. The van der Waals surface area contributed by atoms with Crippen molar-refractivity contribution in [1.29, 1.82) is 0 Å². The molecular formula is C10H8F6O. The molecule has 0 aromatic heterocycles. The first-order valence-electron chi connectivity index (χ1n) is 4.50. The standard InChI is InChI=1S/C10H8F6O/c11-8(10(14,15)16)9(12,13)6-17-7-4-2-1-3-5-7/h1-5,8H,6H2. The summed E-state index contributed by atoms with van der Waals surface area (Å²) in [5.41, 5.74) is 0. The molecule has 1 unspecified atom stereocenters. The molecule has 1 rings (SSSR count). The molecule has 0 bridgehead atoms. The molecule has 0 heterocycles. The van der Waals surface area contributed by atoms with Crippen LogP contribution in [-0.2, 0) is 0 Å². The van der Waals surface area contributed by atoms with Crippen molar-refractivity contribution in [3.8, 4) is 5.75 Å². The van der Waals surface area contributed by atoms with Gasteiger partial charge in [-0.25, -0.2) is 4.39 Å². The molecule has 0 saturated heterocycles. The summed E-state index contributed by atoms with van der Waals surface area (Å²) in [5, 5.41) is 0. The molecule has 96 valence electrons. The normalized spacial score (nSPS) is 14.5. The zero-order chi connectivity index (χ0) is 13.1. The number of alkyl halides is 6.